The van der Waals surface area contributed by atoms with E-state index in [1.807, 2.05) is 29.2 Å². The summed E-state index contributed by atoms with van der Waals surface area (Å²) in [5.41, 5.74) is 4.74. The van der Waals surface area contributed by atoms with E-state index >= 15 is 0 Å². The van der Waals surface area contributed by atoms with Crippen LogP contribution in [-0.4, -0.2) is 59.5 Å². The molecule has 4 nitrogen and oxygen atoms in total. The average molecular weight is 476 g/mol. The second-order valence-electron chi connectivity index (χ2n) is 8.90. The molecule has 0 N–H and O–H groups in total. The molecule has 1 aliphatic heterocycles. The number of piperazine rings is 1. The van der Waals surface area contributed by atoms with E-state index in [4.69, 9.17) is 11.6 Å². The third-order valence-electron chi connectivity index (χ3n) is 6.71. The third-order valence-corrected chi connectivity index (χ3v) is 7.04. The summed E-state index contributed by atoms with van der Waals surface area (Å²) in [6.07, 6.45) is 0.871. The number of carbonyl (C=O) groups is 1. The molecule has 34 heavy (non-hydrogen) atoms. The highest BCUT2D eigenvalue weighted by Gasteiger charge is 2.32. The molecule has 4 rings (SSSR count). The first-order valence-corrected chi connectivity index (χ1v) is 12.6. The molecule has 5 heteroatoms. The van der Waals surface area contributed by atoms with Crippen molar-refractivity contribution in [2.24, 2.45) is 0 Å². The minimum Gasteiger partial charge on any atom is -0.325 e. The number of hydrogen-bond acceptors (Lipinski definition) is 2. The molecular formula is C29H34ClN3O. The van der Waals surface area contributed by atoms with E-state index in [-0.39, 0.29) is 12.1 Å². The van der Waals surface area contributed by atoms with E-state index in [1.165, 1.54) is 11.1 Å². The van der Waals surface area contributed by atoms with Crippen molar-refractivity contribution < 1.29 is 4.79 Å². The molecule has 3 aromatic rings. The smallest absolute Gasteiger partial charge is 0.320 e. The number of halogens is 1. The zero-order chi connectivity index (χ0) is 23.9. The zero-order valence-corrected chi connectivity index (χ0v) is 20.9. The Kier molecular flexibility index (Phi) is 8.25. The summed E-state index contributed by atoms with van der Waals surface area (Å²) in [6.45, 7) is 8.97. The van der Waals surface area contributed by atoms with Gasteiger partial charge in [-0.2, -0.15) is 0 Å². The van der Waals surface area contributed by atoms with Gasteiger partial charge in [0.1, 0.15) is 0 Å². The van der Waals surface area contributed by atoms with Crippen molar-refractivity contribution in [3.05, 3.63) is 95.0 Å². The van der Waals surface area contributed by atoms with Crippen molar-refractivity contribution in [1.29, 1.82) is 0 Å². The topological polar surface area (TPSA) is 26.8 Å². The maximum absolute atomic E-state index is 13.2. The molecule has 0 unspecified atom stereocenters. The maximum atomic E-state index is 13.2. The molecule has 0 spiro atoms. The standard InChI is InChI=1S/C29H34ClN3O/c1-3-32(4-2)29(34)33-19-18-31(22-26(33)20-23-10-6-5-7-11-23)21-24-14-16-25(17-15-24)27-12-8-9-13-28(27)30/h5-17,26H,3-4,18-22H2,1-2H3/t26-/m1/s1. The average Bonchev–Trinajstić information content (AvgIpc) is 2.86. The minimum absolute atomic E-state index is 0.159. The number of benzene rings is 3. The number of hydrogen-bond donors (Lipinski definition) is 0. The molecule has 1 aliphatic rings. The first-order valence-electron chi connectivity index (χ1n) is 12.2. The monoisotopic (exact) mass is 475 g/mol. The Hall–Kier alpha value is -2.82. The number of urea groups is 1. The summed E-state index contributed by atoms with van der Waals surface area (Å²) in [5.74, 6) is 0. The van der Waals surface area contributed by atoms with Gasteiger partial charge in [-0.05, 0) is 43.0 Å². The Labute approximate surface area is 208 Å². The van der Waals surface area contributed by atoms with Crippen LogP contribution in [-0.2, 0) is 13.0 Å². The van der Waals surface area contributed by atoms with Crippen molar-refractivity contribution in [1.82, 2.24) is 14.7 Å². The molecule has 3 aromatic carbocycles. The number of carbonyl (C=O) groups excluding carboxylic acids is 1. The van der Waals surface area contributed by atoms with Gasteiger partial charge in [-0.1, -0.05) is 84.4 Å². The van der Waals surface area contributed by atoms with Crippen molar-refractivity contribution in [3.8, 4) is 11.1 Å². The molecule has 1 heterocycles. The lowest BCUT2D eigenvalue weighted by atomic mass is 10.0. The third kappa shape index (κ3) is 5.81. The van der Waals surface area contributed by atoms with Gasteiger partial charge in [-0.15, -0.1) is 0 Å². The molecule has 1 fully saturated rings. The van der Waals surface area contributed by atoms with Crippen LogP contribution in [0.25, 0.3) is 11.1 Å². The van der Waals surface area contributed by atoms with Gasteiger partial charge in [0, 0.05) is 49.9 Å². The van der Waals surface area contributed by atoms with E-state index in [0.717, 1.165) is 61.8 Å². The maximum Gasteiger partial charge on any atom is 0.320 e. The van der Waals surface area contributed by atoms with Gasteiger partial charge in [0.15, 0.2) is 0 Å². The van der Waals surface area contributed by atoms with Crippen LogP contribution in [0.3, 0.4) is 0 Å². The molecule has 0 saturated carbocycles. The Bertz CT molecular complexity index is 1070. The minimum atomic E-state index is 0.159. The first-order chi connectivity index (χ1) is 16.6. The van der Waals surface area contributed by atoms with Crippen LogP contribution in [0.4, 0.5) is 4.79 Å². The summed E-state index contributed by atoms with van der Waals surface area (Å²) in [6, 6.07) is 27.5. The highest BCUT2D eigenvalue weighted by molar-refractivity contribution is 6.33. The molecule has 1 atom stereocenters. The van der Waals surface area contributed by atoms with Crippen LogP contribution in [0.2, 0.25) is 5.02 Å². The summed E-state index contributed by atoms with van der Waals surface area (Å²) < 4.78 is 0. The fourth-order valence-corrected chi connectivity index (χ4v) is 5.04. The molecule has 0 radical (unpaired) electrons. The van der Waals surface area contributed by atoms with Gasteiger partial charge >= 0.3 is 6.03 Å². The number of nitrogens with zero attached hydrogens (tertiary/aromatic N) is 3. The van der Waals surface area contributed by atoms with Gasteiger partial charge in [-0.25, -0.2) is 4.79 Å². The molecular weight excluding hydrogens is 442 g/mol. The Balaban J connectivity index is 1.47. The van der Waals surface area contributed by atoms with Gasteiger partial charge in [0.2, 0.25) is 0 Å². The largest absolute Gasteiger partial charge is 0.325 e. The fourth-order valence-electron chi connectivity index (χ4n) is 4.79. The van der Waals surface area contributed by atoms with Crippen molar-refractivity contribution >= 4 is 17.6 Å². The van der Waals surface area contributed by atoms with Crippen molar-refractivity contribution in [3.63, 3.8) is 0 Å². The normalized spacial score (nSPS) is 16.4. The van der Waals surface area contributed by atoms with Crippen LogP contribution >= 0.6 is 11.6 Å². The second-order valence-corrected chi connectivity index (χ2v) is 9.31. The van der Waals surface area contributed by atoms with Crippen LogP contribution < -0.4 is 0 Å². The second kappa shape index (κ2) is 11.5. The van der Waals surface area contributed by atoms with Crippen LogP contribution in [0, 0.1) is 0 Å². The number of rotatable bonds is 7. The summed E-state index contributed by atoms with van der Waals surface area (Å²) in [5, 5.41) is 0.771. The molecule has 0 aromatic heterocycles. The Morgan fingerprint density at radius 2 is 1.56 bits per heavy atom. The molecule has 2 amide bonds. The SMILES string of the molecule is CCN(CC)C(=O)N1CCN(Cc2ccc(-c3ccccc3Cl)cc2)C[C@H]1Cc1ccccc1. The highest BCUT2D eigenvalue weighted by atomic mass is 35.5. The Morgan fingerprint density at radius 1 is 0.882 bits per heavy atom. The quantitative estimate of drug-likeness (QED) is 0.407. The van der Waals surface area contributed by atoms with Gasteiger partial charge < -0.3 is 9.80 Å². The fraction of sp³-hybridized carbons (Fsp3) is 0.345. The van der Waals surface area contributed by atoms with E-state index in [0.29, 0.717) is 0 Å². The van der Waals surface area contributed by atoms with Crippen LogP contribution in [0.1, 0.15) is 25.0 Å². The summed E-state index contributed by atoms with van der Waals surface area (Å²) >= 11 is 6.38. The molecule has 0 bridgehead atoms. The Morgan fingerprint density at radius 3 is 2.24 bits per heavy atom. The molecule has 1 saturated heterocycles. The summed E-state index contributed by atoms with van der Waals surface area (Å²) in [4.78, 5) is 19.8. The van der Waals surface area contributed by atoms with Gasteiger partial charge in [0.05, 0.1) is 6.04 Å². The van der Waals surface area contributed by atoms with Crippen LogP contribution in [0.15, 0.2) is 78.9 Å². The molecule has 0 aliphatic carbocycles. The predicted octanol–water partition coefficient (Wildman–Crippen LogP) is 6.20. The van der Waals surface area contributed by atoms with E-state index in [9.17, 15) is 4.79 Å². The number of amides is 2. The molecule has 178 valence electrons. The first kappa shape index (κ1) is 24.3. The highest BCUT2D eigenvalue weighted by Crippen LogP contribution is 2.28. The zero-order valence-electron chi connectivity index (χ0n) is 20.2. The predicted molar refractivity (Wildman–Crippen MR) is 141 cm³/mol. The van der Waals surface area contributed by atoms with Crippen molar-refractivity contribution in [2.75, 3.05) is 32.7 Å². The van der Waals surface area contributed by atoms with Crippen molar-refractivity contribution in [2.45, 2.75) is 32.9 Å². The van der Waals surface area contributed by atoms with Gasteiger partial charge in [-0.3, -0.25) is 4.90 Å². The van der Waals surface area contributed by atoms with E-state index in [2.05, 4.69) is 78.2 Å². The lowest BCUT2D eigenvalue weighted by molar-refractivity contribution is 0.0725. The van der Waals surface area contributed by atoms with E-state index in [1.54, 1.807) is 0 Å². The van der Waals surface area contributed by atoms with Gasteiger partial charge in [0.25, 0.3) is 0 Å². The van der Waals surface area contributed by atoms with E-state index < -0.39 is 0 Å². The summed E-state index contributed by atoms with van der Waals surface area (Å²) in [7, 11) is 0. The lowest BCUT2D eigenvalue weighted by Crippen LogP contribution is -2.58. The lowest BCUT2D eigenvalue weighted by Gasteiger charge is -2.43. The van der Waals surface area contributed by atoms with Crippen LogP contribution in [0.5, 0.6) is 0 Å².